The molecule has 0 spiro atoms. The van der Waals surface area contributed by atoms with E-state index >= 15 is 0 Å². The van der Waals surface area contributed by atoms with Crippen LogP contribution in [0.25, 0.3) is 0 Å². The zero-order valence-corrected chi connectivity index (χ0v) is 12.3. The van der Waals surface area contributed by atoms with E-state index in [0.717, 1.165) is 4.47 Å². The van der Waals surface area contributed by atoms with E-state index in [4.69, 9.17) is 0 Å². The molecule has 0 aliphatic carbocycles. The molecular weight excluding hydrogens is 300 g/mol. The minimum absolute atomic E-state index is 0.172. The number of nitrogens with zero attached hydrogens (tertiary/aromatic N) is 1. The lowest BCUT2D eigenvalue weighted by atomic mass is 10.3. The first kappa shape index (κ1) is 14.8. The van der Waals surface area contributed by atoms with Crippen molar-refractivity contribution in [1.29, 1.82) is 0 Å². The molecule has 0 radical (unpaired) electrons. The molecule has 1 amide bonds. The highest BCUT2D eigenvalue weighted by molar-refractivity contribution is 9.10. The van der Waals surface area contributed by atoms with Crippen molar-refractivity contribution in [3.63, 3.8) is 0 Å². The Kier molecular flexibility index (Phi) is 5.40. The Morgan fingerprint density at radius 3 is 2.72 bits per heavy atom. The normalized spacial score (nSPS) is 10.5. The summed E-state index contributed by atoms with van der Waals surface area (Å²) in [5.41, 5.74) is 0.571. The van der Waals surface area contributed by atoms with Crippen LogP contribution >= 0.6 is 15.9 Å². The zero-order chi connectivity index (χ0) is 13.7. The van der Waals surface area contributed by atoms with Crippen LogP contribution in [-0.4, -0.2) is 30.1 Å². The molecule has 100 valence electrons. The van der Waals surface area contributed by atoms with Gasteiger partial charge in [-0.3, -0.25) is 9.59 Å². The Bertz CT molecular complexity index is 441. The molecule has 0 unspecified atom stereocenters. The number of carbonyl (C=O) groups excluding carboxylic acids is 2. The first-order valence-corrected chi connectivity index (χ1v) is 6.47. The predicted octanol–water partition coefficient (Wildman–Crippen LogP) is 2.12. The van der Waals surface area contributed by atoms with Gasteiger partial charge in [-0.05, 0) is 35.8 Å². The molecule has 0 bridgehead atoms. The minimum atomic E-state index is -0.337. The fraction of sp³-hybridized carbons (Fsp3) is 0.500. The number of amides is 1. The molecule has 1 N–H and O–H groups in total. The number of carbonyl (C=O) groups is 2. The van der Waals surface area contributed by atoms with E-state index < -0.39 is 0 Å². The van der Waals surface area contributed by atoms with Gasteiger partial charge in [-0.2, -0.15) is 0 Å². The fourth-order valence-corrected chi connectivity index (χ4v) is 1.96. The maximum Gasteiger partial charge on any atom is 0.307 e. The van der Waals surface area contributed by atoms with Crippen LogP contribution < -0.4 is 5.32 Å². The highest BCUT2D eigenvalue weighted by atomic mass is 79.9. The molecule has 1 rings (SSSR count). The number of halogens is 1. The second kappa shape index (κ2) is 6.58. The van der Waals surface area contributed by atoms with Crippen molar-refractivity contribution in [2.24, 2.45) is 0 Å². The van der Waals surface area contributed by atoms with Crippen molar-refractivity contribution in [1.82, 2.24) is 9.88 Å². The van der Waals surface area contributed by atoms with Crippen molar-refractivity contribution in [2.75, 3.05) is 13.7 Å². The predicted molar refractivity (Wildman–Crippen MR) is 71.5 cm³/mol. The molecule has 0 saturated carbocycles. The lowest BCUT2D eigenvalue weighted by Gasteiger charge is -2.12. The summed E-state index contributed by atoms with van der Waals surface area (Å²) in [6.45, 7) is 4.27. The van der Waals surface area contributed by atoms with Crippen LogP contribution in [0, 0.1) is 0 Å². The number of aromatic nitrogens is 1. The molecule has 0 atom stereocenters. The lowest BCUT2D eigenvalue weighted by Crippen LogP contribution is -2.28. The van der Waals surface area contributed by atoms with Crippen molar-refractivity contribution < 1.29 is 14.3 Å². The minimum Gasteiger partial charge on any atom is -0.469 e. The van der Waals surface area contributed by atoms with Crippen LogP contribution in [-0.2, 0) is 9.53 Å². The summed E-state index contributed by atoms with van der Waals surface area (Å²) in [6, 6.07) is 1.95. The van der Waals surface area contributed by atoms with E-state index in [-0.39, 0.29) is 30.9 Å². The van der Waals surface area contributed by atoms with E-state index in [1.165, 1.54) is 7.11 Å². The van der Waals surface area contributed by atoms with Crippen LogP contribution in [0.1, 0.15) is 36.8 Å². The van der Waals surface area contributed by atoms with Gasteiger partial charge in [0.2, 0.25) is 0 Å². The summed E-state index contributed by atoms with van der Waals surface area (Å²) >= 11 is 3.35. The lowest BCUT2D eigenvalue weighted by molar-refractivity contribution is -0.140. The van der Waals surface area contributed by atoms with E-state index in [2.05, 4.69) is 26.0 Å². The van der Waals surface area contributed by atoms with Gasteiger partial charge in [-0.25, -0.2) is 0 Å². The van der Waals surface area contributed by atoms with E-state index in [1.54, 1.807) is 6.07 Å². The maximum absolute atomic E-state index is 11.9. The first-order chi connectivity index (χ1) is 8.45. The molecule has 0 aromatic carbocycles. The highest BCUT2D eigenvalue weighted by Gasteiger charge is 2.14. The van der Waals surface area contributed by atoms with Crippen molar-refractivity contribution >= 4 is 27.8 Å². The van der Waals surface area contributed by atoms with Gasteiger partial charge in [0.05, 0.1) is 13.5 Å². The number of rotatable bonds is 5. The van der Waals surface area contributed by atoms with Crippen LogP contribution in [0.2, 0.25) is 0 Å². The largest absolute Gasteiger partial charge is 0.469 e. The van der Waals surface area contributed by atoms with Crippen LogP contribution in [0.15, 0.2) is 16.7 Å². The van der Waals surface area contributed by atoms with Gasteiger partial charge in [0.25, 0.3) is 5.91 Å². The molecule has 18 heavy (non-hydrogen) atoms. The summed E-state index contributed by atoms with van der Waals surface area (Å²) in [5.74, 6) is -0.533. The van der Waals surface area contributed by atoms with Gasteiger partial charge in [0, 0.05) is 23.3 Å². The number of esters is 1. The second-order valence-electron chi connectivity index (χ2n) is 4.13. The molecule has 0 aliphatic heterocycles. The average molecular weight is 317 g/mol. The Hall–Kier alpha value is -1.30. The van der Waals surface area contributed by atoms with Crippen LogP contribution in [0.4, 0.5) is 0 Å². The molecule has 6 heteroatoms. The van der Waals surface area contributed by atoms with Crippen LogP contribution in [0.5, 0.6) is 0 Å². The van der Waals surface area contributed by atoms with Crippen molar-refractivity contribution in [3.8, 4) is 0 Å². The van der Waals surface area contributed by atoms with Gasteiger partial charge in [0.15, 0.2) is 0 Å². The van der Waals surface area contributed by atoms with E-state index in [9.17, 15) is 9.59 Å². The van der Waals surface area contributed by atoms with Gasteiger partial charge in [0.1, 0.15) is 5.69 Å². The molecule has 1 aromatic rings. The van der Waals surface area contributed by atoms with Gasteiger partial charge < -0.3 is 14.6 Å². The van der Waals surface area contributed by atoms with E-state index in [0.29, 0.717) is 5.69 Å². The fourth-order valence-electron chi connectivity index (χ4n) is 1.53. The summed E-state index contributed by atoms with van der Waals surface area (Å²) in [4.78, 5) is 22.9. The van der Waals surface area contributed by atoms with Crippen molar-refractivity contribution in [2.45, 2.75) is 26.3 Å². The standard InChI is InChI=1S/C12H17BrN2O3/c1-8(2)15-7-9(13)6-10(15)12(17)14-5-4-11(16)18-3/h6-8H,4-5H2,1-3H3,(H,14,17). The highest BCUT2D eigenvalue weighted by Crippen LogP contribution is 2.19. The number of hydrogen-bond acceptors (Lipinski definition) is 3. The second-order valence-corrected chi connectivity index (χ2v) is 5.04. The van der Waals surface area contributed by atoms with Gasteiger partial charge >= 0.3 is 5.97 Å². The third-order valence-corrected chi connectivity index (χ3v) is 2.88. The molecule has 0 saturated heterocycles. The first-order valence-electron chi connectivity index (χ1n) is 5.68. The quantitative estimate of drug-likeness (QED) is 0.846. The summed E-state index contributed by atoms with van der Waals surface area (Å²) in [7, 11) is 1.32. The maximum atomic E-state index is 11.9. The third-order valence-electron chi connectivity index (χ3n) is 2.45. The Balaban J connectivity index is 2.64. The number of methoxy groups -OCH3 is 1. The van der Waals surface area contributed by atoms with Crippen molar-refractivity contribution in [3.05, 3.63) is 22.4 Å². The van der Waals surface area contributed by atoms with Gasteiger partial charge in [-0.15, -0.1) is 0 Å². The molecule has 0 aliphatic rings. The van der Waals surface area contributed by atoms with E-state index in [1.807, 2.05) is 24.6 Å². The summed E-state index contributed by atoms with van der Waals surface area (Å²) < 4.78 is 7.23. The Morgan fingerprint density at radius 1 is 1.50 bits per heavy atom. The SMILES string of the molecule is COC(=O)CCNC(=O)c1cc(Br)cn1C(C)C. The average Bonchev–Trinajstić information content (AvgIpc) is 2.71. The Labute approximate surface area is 115 Å². The Morgan fingerprint density at radius 2 is 2.17 bits per heavy atom. The number of hydrogen-bond donors (Lipinski definition) is 1. The summed E-state index contributed by atoms with van der Waals surface area (Å²) in [6.07, 6.45) is 2.03. The summed E-state index contributed by atoms with van der Waals surface area (Å²) in [5, 5.41) is 2.69. The molecule has 1 heterocycles. The third kappa shape index (κ3) is 3.87. The number of ether oxygens (including phenoxy) is 1. The molecule has 5 nitrogen and oxygen atoms in total. The number of nitrogens with one attached hydrogen (secondary N) is 1. The zero-order valence-electron chi connectivity index (χ0n) is 10.7. The molecule has 0 fully saturated rings. The molecular formula is C12H17BrN2O3. The topological polar surface area (TPSA) is 60.3 Å². The monoisotopic (exact) mass is 316 g/mol. The molecule has 1 aromatic heterocycles. The van der Waals surface area contributed by atoms with Crippen LogP contribution in [0.3, 0.4) is 0 Å². The van der Waals surface area contributed by atoms with Gasteiger partial charge in [-0.1, -0.05) is 0 Å². The smallest absolute Gasteiger partial charge is 0.307 e.